The van der Waals surface area contributed by atoms with Crippen molar-refractivity contribution in [1.82, 2.24) is 5.32 Å². The van der Waals surface area contributed by atoms with Crippen LogP contribution in [0.25, 0.3) is 0 Å². The maximum absolute atomic E-state index is 14.1. The summed E-state index contributed by atoms with van der Waals surface area (Å²) in [5.74, 6) is 1.89. The van der Waals surface area contributed by atoms with Crippen molar-refractivity contribution in [3.8, 4) is 0 Å². The molecule has 0 aromatic carbocycles. The minimum absolute atomic E-state index is 0.0429. The molecule has 2 saturated heterocycles. The number of carbonyl (C=O) groups is 1. The predicted molar refractivity (Wildman–Crippen MR) is 208 cm³/mol. The van der Waals surface area contributed by atoms with Gasteiger partial charge in [-0.1, -0.05) is 46.8 Å². The molecule has 2 aliphatic heterocycles. The summed E-state index contributed by atoms with van der Waals surface area (Å²) in [6.45, 7) is 20.4. The van der Waals surface area contributed by atoms with Crippen LogP contribution in [0.15, 0.2) is 12.2 Å². The van der Waals surface area contributed by atoms with Crippen LogP contribution in [-0.2, 0) is 23.7 Å². The first kappa shape index (κ1) is 42.9. The van der Waals surface area contributed by atoms with Gasteiger partial charge in [-0.25, -0.2) is 0 Å². The summed E-state index contributed by atoms with van der Waals surface area (Å²) in [5, 5.41) is 67.8. The number of nitrogens with one attached hydrogen (secondary N) is 1. The Hall–Kier alpha value is -1.19. The zero-order valence-corrected chi connectivity index (χ0v) is 35.0. The van der Waals surface area contributed by atoms with Gasteiger partial charge in [-0.3, -0.25) is 4.79 Å². The van der Waals surface area contributed by atoms with Gasteiger partial charge in [0, 0.05) is 12.0 Å². The molecular weight excluding hydrogens is 718 g/mol. The first-order valence-corrected chi connectivity index (χ1v) is 21.9. The Bertz CT molecular complexity index is 1470. The molecule has 56 heavy (non-hydrogen) atoms. The quantitative estimate of drug-likeness (QED) is 0.133. The van der Waals surface area contributed by atoms with Gasteiger partial charge in [0.1, 0.15) is 36.6 Å². The lowest BCUT2D eigenvalue weighted by Gasteiger charge is -2.73. The van der Waals surface area contributed by atoms with Gasteiger partial charge in [-0.05, 0) is 130 Å². The predicted octanol–water partition coefficient (Wildman–Crippen LogP) is 3.82. The van der Waals surface area contributed by atoms with E-state index in [2.05, 4.69) is 53.4 Å². The van der Waals surface area contributed by atoms with E-state index < -0.39 is 66.8 Å². The Labute approximate surface area is 334 Å². The molecule has 0 radical (unpaired) electrons. The average molecular weight is 792 g/mol. The first-order valence-electron chi connectivity index (χ1n) is 21.9. The van der Waals surface area contributed by atoms with Gasteiger partial charge in [0.15, 0.2) is 12.6 Å². The highest BCUT2D eigenvalue weighted by molar-refractivity contribution is 5.83. The van der Waals surface area contributed by atoms with Gasteiger partial charge in [-0.2, -0.15) is 0 Å². The van der Waals surface area contributed by atoms with Crippen molar-refractivity contribution in [2.24, 2.45) is 56.7 Å². The standard InChI is InChI=1S/C44H73NO11/c1-9-20-45-39(52)44-17-12-25(23(2)3)31(44)26-10-11-29-40(5)15-14-30(41(6,22-46)28(40)13-16-43(29,8)42(26,7)18-19-44)55-38-36(33(49)27(47)21-53-38)56-37-35(51)34(50)32(48)24(4)54-37/h24-38,46-51H,2,9-22H2,1,3-8H3,(H,45,52)/t24-,25?,26?,27-,28+,29?,30-,31?,32-,33-,34+,35+,36+,37?,38-,40-,41-,42+,43+,44-/m0/s1. The second kappa shape index (κ2) is 15.4. The van der Waals surface area contributed by atoms with E-state index in [0.717, 1.165) is 70.8 Å². The Morgan fingerprint density at radius 1 is 0.821 bits per heavy atom. The van der Waals surface area contributed by atoms with Crippen molar-refractivity contribution in [1.29, 1.82) is 0 Å². The highest BCUT2D eigenvalue weighted by Crippen LogP contribution is 2.77. The number of rotatable bonds is 9. The van der Waals surface area contributed by atoms with Crippen LogP contribution in [0.1, 0.15) is 119 Å². The van der Waals surface area contributed by atoms with Crippen LogP contribution in [0.4, 0.5) is 0 Å². The van der Waals surface area contributed by atoms with E-state index in [9.17, 15) is 35.4 Å². The lowest BCUT2D eigenvalue weighted by molar-refractivity contribution is -0.366. The van der Waals surface area contributed by atoms with E-state index in [1.54, 1.807) is 6.92 Å². The molecule has 5 aliphatic carbocycles. The van der Waals surface area contributed by atoms with E-state index in [0.29, 0.717) is 30.1 Å². The van der Waals surface area contributed by atoms with E-state index in [-0.39, 0.29) is 46.7 Å². The van der Waals surface area contributed by atoms with Crippen molar-refractivity contribution in [2.45, 2.75) is 181 Å². The molecule has 20 atom stereocenters. The second-order valence-corrected chi connectivity index (χ2v) is 20.5. The van der Waals surface area contributed by atoms with Gasteiger partial charge in [0.05, 0.1) is 30.8 Å². The molecule has 0 aromatic heterocycles. The number of aliphatic hydroxyl groups excluding tert-OH is 6. The smallest absolute Gasteiger partial charge is 0.226 e. The van der Waals surface area contributed by atoms with Crippen LogP contribution >= 0.6 is 0 Å². The van der Waals surface area contributed by atoms with Crippen LogP contribution in [-0.4, -0.2) is 118 Å². The fraction of sp³-hybridized carbons (Fsp3) is 0.932. The average Bonchev–Trinajstić information content (AvgIpc) is 3.57. The summed E-state index contributed by atoms with van der Waals surface area (Å²) in [5.41, 5.74) is 0.239. The third kappa shape index (κ3) is 6.32. The minimum Gasteiger partial charge on any atom is -0.396 e. The monoisotopic (exact) mass is 792 g/mol. The second-order valence-electron chi connectivity index (χ2n) is 20.5. The highest BCUT2D eigenvalue weighted by atomic mass is 16.8. The van der Waals surface area contributed by atoms with Crippen LogP contribution < -0.4 is 5.32 Å². The van der Waals surface area contributed by atoms with Crippen LogP contribution in [0.5, 0.6) is 0 Å². The Morgan fingerprint density at radius 2 is 1.55 bits per heavy atom. The SMILES string of the molecule is C=C(C)C1CC[C@]2(C(=O)NCCC)CC[C@]3(C)C(CCC4[C@@]5(C)CC[C@H](O[C@@H]6OC[C@H](O)[C@H](O)[C@H]6OC6O[C@@H](C)[C@H](O)[C@@H](O)[C@H]6O)[C@@](C)(CO)[C@@H]5CC[C@]43C)C12. The summed E-state index contributed by atoms with van der Waals surface area (Å²) in [4.78, 5) is 14.1. The number of hydrogen-bond donors (Lipinski definition) is 7. The van der Waals surface area contributed by atoms with Crippen LogP contribution in [0, 0.1) is 56.7 Å². The third-order valence-electron chi connectivity index (χ3n) is 18.0. The van der Waals surface area contributed by atoms with Crippen molar-refractivity contribution >= 4 is 5.91 Å². The van der Waals surface area contributed by atoms with Crippen molar-refractivity contribution in [3.05, 3.63) is 12.2 Å². The summed E-state index contributed by atoms with van der Waals surface area (Å²) < 4.78 is 24.5. The summed E-state index contributed by atoms with van der Waals surface area (Å²) >= 11 is 0. The number of amides is 1. The van der Waals surface area contributed by atoms with E-state index in [1.807, 2.05) is 0 Å². The number of allylic oxidation sites excluding steroid dienone is 1. The van der Waals surface area contributed by atoms with Crippen molar-refractivity contribution in [2.75, 3.05) is 19.8 Å². The molecule has 0 aromatic rings. The molecule has 7 N–H and O–H groups in total. The lowest BCUT2D eigenvalue weighted by atomic mass is 9.32. The Balaban J connectivity index is 1.13. The van der Waals surface area contributed by atoms with Gasteiger partial charge < -0.3 is 54.9 Å². The molecule has 12 heteroatoms. The molecular formula is C44H73NO11. The highest BCUT2D eigenvalue weighted by Gasteiger charge is 2.72. The van der Waals surface area contributed by atoms with E-state index in [4.69, 9.17) is 18.9 Å². The van der Waals surface area contributed by atoms with Crippen LogP contribution in [0.2, 0.25) is 0 Å². The molecule has 7 aliphatic rings. The van der Waals surface area contributed by atoms with E-state index >= 15 is 0 Å². The number of hydrogen-bond acceptors (Lipinski definition) is 11. The third-order valence-corrected chi connectivity index (χ3v) is 18.0. The number of ether oxygens (including phenoxy) is 4. The molecule has 7 fully saturated rings. The Morgan fingerprint density at radius 3 is 2.23 bits per heavy atom. The molecule has 0 spiro atoms. The molecule has 320 valence electrons. The summed E-state index contributed by atoms with van der Waals surface area (Å²) in [6, 6.07) is 0. The maximum Gasteiger partial charge on any atom is 0.226 e. The molecule has 1 amide bonds. The largest absolute Gasteiger partial charge is 0.396 e. The zero-order valence-electron chi connectivity index (χ0n) is 35.0. The topological polar surface area (TPSA) is 187 Å². The van der Waals surface area contributed by atoms with Crippen molar-refractivity contribution in [3.63, 3.8) is 0 Å². The number of fused-ring (bicyclic) bond motifs is 7. The molecule has 12 nitrogen and oxygen atoms in total. The number of carbonyl (C=O) groups excluding carboxylic acids is 1. The summed E-state index contributed by atoms with van der Waals surface area (Å²) in [6.07, 6.45) is -1.88. The maximum atomic E-state index is 14.1. The molecule has 5 unspecified atom stereocenters. The van der Waals surface area contributed by atoms with Crippen molar-refractivity contribution < 1.29 is 54.4 Å². The van der Waals surface area contributed by atoms with Gasteiger partial charge in [0.25, 0.3) is 0 Å². The van der Waals surface area contributed by atoms with E-state index in [1.165, 1.54) is 5.57 Å². The van der Waals surface area contributed by atoms with Gasteiger partial charge >= 0.3 is 0 Å². The Kier molecular flexibility index (Phi) is 11.8. The molecule has 5 saturated carbocycles. The molecule has 0 bridgehead atoms. The van der Waals surface area contributed by atoms with Crippen LogP contribution in [0.3, 0.4) is 0 Å². The molecule has 2 heterocycles. The summed E-state index contributed by atoms with van der Waals surface area (Å²) in [7, 11) is 0. The fourth-order valence-corrected chi connectivity index (χ4v) is 14.6. The zero-order chi connectivity index (χ0) is 40.7. The number of aliphatic hydroxyl groups is 6. The normalized spacial score (nSPS) is 54.3. The minimum atomic E-state index is -1.61. The van der Waals surface area contributed by atoms with Gasteiger partial charge in [0.2, 0.25) is 5.91 Å². The van der Waals surface area contributed by atoms with Gasteiger partial charge in [-0.15, -0.1) is 0 Å². The first-order chi connectivity index (χ1) is 26.3. The molecule has 7 rings (SSSR count). The fourth-order valence-electron chi connectivity index (χ4n) is 14.6. The lowest BCUT2D eigenvalue weighted by Crippen LogP contribution is -2.68.